The highest BCUT2D eigenvalue weighted by atomic mass is 16.5. The van der Waals surface area contributed by atoms with Gasteiger partial charge in [0.15, 0.2) is 0 Å². The average molecular weight is 213 g/mol. The molecule has 86 valence electrons. The maximum absolute atomic E-state index is 11.1. The summed E-state index contributed by atoms with van der Waals surface area (Å²) in [4.78, 5) is 23.4. The number of carbonyl (C=O) groups excluding carboxylic acids is 2. The molecule has 0 saturated carbocycles. The standard InChI is InChI=1S/C11H19NO3/c1-4-10(13)12(3)8-6-7-9-15-11(14)5-2/h4H,1,5-9H2,2-3H3. The predicted octanol–water partition coefficient (Wildman–Crippen LogP) is 1.36. The molecule has 0 spiro atoms. The summed E-state index contributed by atoms with van der Waals surface area (Å²) in [6, 6.07) is 0. The van der Waals surface area contributed by atoms with Crippen molar-refractivity contribution in [2.75, 3.05) is 20.2 Å². The molecule has 0 aromatic rings. The average Bonchev–Trinajstić information content (AvgIpc) is 2.26. The van der Waals surface area contributed by atoms with Crippen molar-refractivity contribution in [3.05, 3.63) is 12.7 Å². The molecule has 0 radical (unpaired) electrons. The van der Waals surface area contributed by atoms with E-state index < -0.39 is 0 Å². The lowest BCUT2D eigenvalue weighted by atomic mass is 10.3. The molecule has 0 aliphatic rings. The molecule has 0 heterocycles. The highest BCUT2D eigenvalue weighted by Gasteiger charge is 2.03. The molecule has 0 aliphatic carbocycles. The number of unbranched alkanes of at least 4 members (excludes halogenated alkanes) is 1. The van der Waals surface area contributed by atoms with E-state index >= 15 is 0 Å². The van der Waals surface area contributed by atoms with Crippen LogP contribution in [0.5, 0.6) is 0 Å². The lowest BCUT2D eigenvalue weighted by Gasteiger charge is -2.14. The van der Waals surface area contributed by atoms with Crippen molar-refractivity contribution in [1.82, 2.24) is 4.90 Å². The van der Waals surface area contributed by atoms with Crippen LogP contribution < -0.4 is 0 Å². The first-order valence-electron chi connectivity index (χ1n) is 5.15. The fraction of sp³-hybridized carbons (Fsp3) is 0.636. The van der Waals surface area contributed by atoms with Crippen molar-refractivity contribution in [2.24, 2.45) is 0 Å². The van der Waals surface area contributed by atoms with E-state index in [1.807, 2.05) is 0 Å². The van der Waals surface area contributed by atoms with Crippen LogP contribution in [0.2, 0.25) is 0 Å². The number of hydrogen-bond donors (Lipinski definition) is 0. The van der Waals surface area contributed by atoms with Crippen LogP contribution in [0.1, 0.15) is 26.2 Å². The maximum Gasteiger partial charge on any atom is 0.305 e. The van der Waals surface area contributed by atoms with E-state index in [1.165, 1.54) is 6.08 Å². The number of likely N-dealkylation sites (N-methyl/N-ethyl adjacent to an activating group) is 1. The van der Waals surface area contributed by atoms with Crippen LogP contribution in [0.4, 0.5) is 0 Å². The Morgan fingerprint density at radius 3 is 2.60 bits per heavy atom. The van der Waals surface area contributed by atoms with Crippen LogP contribution in [-0.4, -0.2) is 37.0 Å². The second-order valence-electron chi connectivity index (χ2n) is 3.25. The zero-order chi connectivity index (χ0) is 11.7. The Bertz CT molecular complexity index is 226. The second kappa shape index (κ2) is 8.03. The Kier molecular flexibility index (Phi) is 7.32. The fourth-order valence-corrected chi connectivity index (χ4v) is 1.01. The first-order valence-corrected chi connectivity index (χ1v) is 5.15. The lowest BCUT2D eigenvalue weighted by Crippen LogP contribution is -2.25. The molecule has 0 atom stereocenters. The minimum Gasteiger partial charge on any atom is -0.466 e. The quantitative estimate of drug-likeness (QED) is 0.364. The molecule has 0 aromatic carbocycles. The Morgan fingerprint density at radius 2 is 2.07 bits per heavy atom. The van der Waals surface area contributed by atoms with Gasteiger partial charge in [0.05, 0.1) is 6.61 Å². The molecule has 0 aliphatic heterocycles. The third-order valence-corrected chi connectivity index (χ3v) is 1.99. The molecule has 0 fully saturated rings. The number of hydrogen-bond acceptors (Lipinski definition) is 3. The highest BCUT2D eigenvalue weighted by Crippen LogP contribution is 1.96. The maximum atomic E-state index is 11.1. The van der Waals surface area contributed by atoms with Gasteiger partial charge in [0.1, 0.15) is 0 Å². The van der Waals surface area contributed by atoms with Crippen molar-refractivity contribution in [2.45, 2.75) is 26.2 Å². The number of esters is 1. The number of amides is 1. The van der Waals surface area contributed by atoms with Gasteiger partial charge in [-0.1, -0.05) is 13.5 Å². The van der Waals surface area contributed by atoms with Gasteiger partial charge in [-0.2, -0.15) is 0 Å². The highest BCUT2D eigenvalue weighted by molar-refractivity contribution is 5.86. The number of ether oxygens (including phenoxy) is 1. The normalized spacial score (nSPS) is 9.47. The Labute approximate surface area is 90.9 Å². The van der Waals surface area contributed by atoms with Crippen molar-refractivity contribution < 1.29 is 14.3 Å². The fourth-order valence-electron chi connectivity index (χ4n) is 1.01. The first kappa shape index (κ1) is 13.7. The van der Waals surface area contributed by atoms with E-state index in [4.69, 9.17) is 4.74 Å². The van der Waals surface area contributed by atoms with Crippen LogP contribution in [0.25, 0.3) is 0 Å². The Hall–Kier alpha value is -1.32. The monoisotopic (exact) mass is 213 g/mol. The van der Waals surface area contributed by atoms with E-state index in [-0.39, 0.29) is 11.9 Å². The zero-order valence-electron chi connectivity index (χ0n) is 9.49. The summed E-state index contributed by atoms with van der Waals surface area (Å²) in [5.74, 6) is -0.258. The van der Waals surface area contributed by atoms with Crippen molar-refractivity contribution in [3.8, 4) is 0 Å². The third-order valence-electron chi connectivity index (χ3n) is 1.99. The molecule has 0 bridgehead atoms. The Balaban J connectivity index is 3.42. The second-order valence-corrected chi connectivity index (χ2v) is 3.25. The lowest BCUT2D eigenvalue weighted by molar-refractivity contribution is -0.143. The van der Waals surface area contributed by atoms with Gasteiger partial charge in [-0.15, -0.1) is 0 Å². The molecule has 15 heavy (non-hydrogen) atoms. The number of nitrogens with zero attached hydrogens (tertiary/aromatic N) is 1. The molecule has 4 nitrogen and oxygen atoms in total. The molecule has 0 saturated heterocycles. The number of carbonyl (C=O) groups is 2. The topological polar surface area (TPSA) is 46.6 Å². The summed E-state index contributed by atoms with van der Waals surface area (Å²) in [5.41, 5.74) is 0. The van der Waals surface area contributed by atoms with Crippen LogP contribution in [-0.2, 0) is 14.3 Å². The van der Waals surface area contributed by atoms with Gasteiger partial charge in [-0.05, 0) is 18.9 Å². The van der Waals surface area contributed by atoms with Crippen LogP contribution in [0.3, 0.4) is 0 Å². The molecule has 0 unspecified atom stereocenters. The number of rotatable bonds is 7. The summed E-state index contributed by atoms with van der Waals surface area (Å²) >= 11 is 0. The van der Waals surface area contributed by atoms with E-state index in [0.717, 1.165) is 12.8 Å². The largest absolute Gasteiger partial charge is 0.466 e. The van der Waals surface area contributed by atoms with Crippen molar-refractivity contribution >= 4 is 11.9 Å². The molecule has 1 amide bonds. The summed E-state index contributed by atoms with van der Waals surface area (Å²) in [5, 5.41) is 0. The van der Waals surface area contributed by atoms with Gasteiger partial charge in [-0.25, -0.2) is 0 Å². The minimum atomic E-state index is -0.175. The van der Waals surface area contributed by atoms with Crippen LogP contribution >= 0.6 is 0 Å². The van der Waals surface area contributed by atoms with E-state index in [1.54, 1.807) is 18.9 Å². The van der Waals surface area contributed by atoms with Crippen LogP contribution in [0, 0.1) is 0 Å². The summed E-state index contributed by atoms with van der Waals surface area (Å²) < 4.78 is 4.90. The van der Waals surface area contributed by atoms with Crippen molar-refractivity contribution in [3.63, 3.8) is 0 Å². The summed E-state index contributed by atoms with van der Waals surface area (Å²) in [6.07, 6.45) is 3.31. The van der Waals surface area contributed by atoms with Gasteiger partial charge < -0.3 is 9.64 Å². The molecular formula is C11H19NO3. The summed E-state index contributed by atoms with van der Waals surface area (Å²) in [6.45, 7) is 6.26. The molecular weight excluding hydrogens is 194 g/mol. The zero-order valence-corrected chi connectivity index (χ0v) is 9.49. The van der Waals surface area contributed by atoms with E-state index in [2.05, 4.69) is 6.58 Å². The third kappa shape index (κ3) is 6.71. The minimum absolute atomic E-state index is 0.0828. The van der Waals surface area contributed by atoms with Gasteiger partial charge >= 0.3 is 5.97 Å². The van der Waals surface area contributed by atoms with Gasteiger partial charge in [0.25, 0.3) is 0 Å². The SMILES string of the molecule is C=CC(=O)N(C)CCCCOC(=O)CC. The molecule has 4 heteroatoms. The van der Waals surface area contributed by atoms with Gasteiger partial charge in [0.2, 0.25) is 5.91 Å². The van der Waals surface area contributed by atoms with Gasteiger partial charge in [0, 0.05) is 20.0 Å². The van der Waals surface area contributed by atoms with E-state index in [9.17, 15) is 9.59 Å². The predicted molar refractivity (Wildman–Crippen MR) is 58.3 cm³/mol. The molecule has 0 N–H and O–H groups in total. The van der Waals surface area contributed by atoms with E-state index in [0.29, 0.717) is 19.6 Å². The first-order chi connectivity index (χ1) is 7.11. The summed E-state index contributed by atoms with van der Waals surface area (Å²) in [7, 11) is 1.72. The van der Waals surface area contributed by atoms with Crippen molar-refractivity contribution in [1.29, 1.82) is 0 Å². The Morgan fingerprint density at radius 1 is 1.40 bits per heavy atom. The smallest absolute Gasteiger partial charge is 0.305 e. The van der Waals surface area contributed by atoms with Crippen LogP contribution in [0.15, 0.2) is 12.7 Å². The van der Waals surface area contributed by atoms with Gasteiger partial charge in [-0.3, -0.25) is 9.59 Å². The molecule has 0 aromatic heterocycles. The molecule has 0 rings (SSSR count).